The summed E-state index contributed by atoms with van der Waals surface area (Å²) in [5.74, 6) is 0. The minimum absolute atomic E-state index is 0.113. The molecular formula is C5H4BrNO3S. The van der Waals surface area contributed by atoms with E-state index in [0.29, 0.717) is 0 Å². The summed E-state index contributed by atoms with van der Waals surface area (Å²) in [4.78, 5) is 3.40. The van der Waals surface area contributed by atoms with Crippen molar-refractivity contribution < 1.29 is 13.0 Å². The lowest BCUT2D eigenvalue weighted by molar-refractivity contribution is 0.482. The molecule has 11 heavy (non-hydrogen) atoms. The molecule has 0 bridgehead atoms. The fraction of sp³-hybridized carbons (Fsp3) is 0. The van der Waals surface area contributed by atoms with Crippen molar-refractivity contribution >= 4 is 26.0 Å². The van der Waals surface area contributed by atoms with E-state index in [4.69, 9.17) is 4.55 Å². The van der Waals surface area contributed by atoms with Gasteiger partial charge in [0.05, 0.1) is 0 Å². The lowest BCUT2D eigenvalue weighted by Gasteiger charge is -1.96. The van der Waals surface area contributed by atoms with Crippen LogP contribution in [0.15, 0.2) is 27.8 Å². The van der Waals surface area contributed by atoms with Crippen molar-refractivity contribution in [2.45, 2.75) is 4.90 Å². The predicted molar refractivity (Wildman–Crippen MR) is 41.8 cm³/mol. The largest absolute Gasteiger partial charge is 0.297 e. The first-order chi connectivity index (χ1) is 5.02. The Bertz CT molecular complexity index is 362. The quantitative estimate of drug-likeness (QED) is 0.587. The van der Waals surface area contributed by atoms with E-state index in [2.05, 4.69) is 20.9 Å². The number of nitrogens with zero attached hydrogens (tertiary/aromatic N) is 1. The topological polar surface area (TPSA) is 67.3 Å². The van der Waals surface area contributed by atoms with Gasteiger partial charge in [-0.05, 0) is 28.1 Å². The number of hydrogen-bond acceptors (Lipinski definition) is 3. The molecule has 1 aromatic rings. The molecule has 1 aromatic heterocycles. The molecule has 0 spiro atoms. The van der Waals surface area contributed by atoms with Gasteiger partial charge < -0.3 is 0 Å². The molecule has 4 nitrogen and oxygen atoms in total. The minimum Gasteiger partial charge on any atom is -0.282 e. The maximum Gasteiger partial charge on any atom is 0.297 e. The van der Waals surface area contributed by atoms with Gasteiger partial charge in [-0.3, -0.25) is 4.55 Å². The van der Waals surface area contributed by atoms with Gasteiger partial charge in [0.2, 0.25) is 0 Å². The maximum absolute atomic E-state index is 10.5. The number of halogens is 1. The van der Waals surface area contributed by atoms with Crippen LogP contribution in [0.5, 0.6) is 0 Å². The standard InChI is InChI=1S/C5H4BrNO3S/c6-5-4(11(8,9)10)2-1-3-7-5/h1-3H,(H,8,9,10). The van der Waals surface area contributed by atoms with E-state index in [1.165, 1.54) is 18.3 Å². The molecule has 0 aliphatic carbocycles. The molecule has 0 atom stereocenters. The fourth-order valence-corrected chi connectivity index (χ4v) is 1.94. The van der Waals surface area contributed by atoms with Crippen LogP contribution in [-0.2, 0) is 10.1 Å². The molecular weight excluding hydrogens is 234 g/mol. The van der Waals surface area contributed by atoms with E-state index >= 15 is 0 Å². The van der Waals surface area contributed by atoms with Crippen molar-refractivity contribution in [3.05, 3.63) is 22.9 Å². The highest BCUT2D eigenvalue weighted by molar-refractivity contribution is 9.10. The number of rotatable bonds is 1. The van der Waals surface area contributed by atoms with Crippen LogP contribution in [-0.4, -0.2) is 18.0 Å². The van der Waals surface area contributed by atoms with Crippen LogP contribution in [0, 0.1) is 0 Å². The zero-order valence-electron chi connectivity index (χ0n) is 5.23. The lowest BCUT2D eigenvalue weighted by Crippen LogP contribution is -1.99. The van der Waals surface area contributed by atoms with Gasteiger partial charge in [0.15, 0.2) is 0 Å². The van der Waals surface area contributed by atoms with Gasteiger partial charge in [-0.2, -0.15) is 8.42 Å². The van der Waals surface area contributed by atoms with E-state index < -0.39 is 10.1 Å². The first-order valence-electron chi connectivity index (χ1n) is 2.60. The van der Waals surface area contributed by atoms with Gasteiger partial charge in [0.1, 0.15) is 9.50 Å². The summed E-state index contributed by atoms with van der Waals surface area (Å²) in [6, 6.07) is 2.68. The highest BCUT2D eigenvalue weighted by Crippen LogP contribution is 2.17. The van der Waals surface area contributed by atoms with Gasteiger partial charge in [-0.15, -0.1) is 0 Å². The van der Waals surface area contributed by atoms with Crippen LogP contribution in [0.25, 0.3) is 0 Å². The third-order valence-corrected chi connectivity index (χ3v) is 2.78. The minimum atomic E-state index is -4.14. The maximum atomic E-state index is 10.5. The van der Waals surface area contributed by atoms with Crippen LogP contribution in [0.4, 0.5) is 0 Å². The van der Waals surface area contributed by atoms with Crippen molar-refractivity contribution in [1.29, 1.82) is 0 Å². The Morgan fingerprint density at radius 1 is 1.55 bits per heavy atom. The SMILES string of the molecule is O=S(=O)(O)c1cccnc1Br. The highest BCUT2D eigenvalue weighted by Gasteiger charge is 2.13. The Balaban J connectivity index is 3.37. The molecule has 60 valence electrons. The molecule has 0 aliphatic heterocycles. The smallest absolute Gasteiger partial charge is 0.282 e. The molecule has 0 aliphatic rings. The summed E-state index contributed by atoms with van der Waals surface area (Å²) in [6.45, 7) is 0. The van der Waals surface area contributed by atoms with Gasteiger partial charge >= 0.3 is 0 Å². The molecule has 0 amide bonds. The van der Waals surface area contributed by atoms with Crippen LogP contribution >= 0.6 is 15.9 Å². The van der Waals surface area contributed by atoms with Crippen molar-refractivity contribution in [3.63, 3.8) is 0 Å². The zero-order valence-corrected chi connectivity index (χ0v) is 7.63. The highest BCUT2D eigenvalue weighted by atomic mass is 79.9. The third-order valence-electron chi connectivity index (χ3n) is 1.00. The van der Waals surface area contributed by atoms with Crippen molar-refractivity contribution in [1.82, 2.24) is 4.98 Å². The molecule has 0 aromatic carbocycles. The first kappa shape index (κ1) is 8.63. The van der Waals surface area contributed by atoms with E-state index in [9.17, 15) is 8.42 Å². The average molecular weight is 238 g/mol. The molecule has 1 heterocycles. The second-order valence-corrected chi connectivity index (χ2v) is 3.91. The summed E-state index contributed by atoms with van der Waals surface area (Å²) in [7, 11) is -4.14. The van der Waals surface area contributed by atoms with Gasteiger partial charge in [-0.25, -0.2) is 4.98 Å². The van der Waals surface area contributed by atoms with E-state index in [0.717, 1.165) is 0 Å². The van der Waals surface area contributed by atoms with Crippen LogP contribution < -0.4 is 0 Å². The molecule has 0 fully saturated rings. The Kier molecular flexibility index (Phi) is 2.26. The molecule has 1 rings (SSSR count). The Labute approximate surface area is 72.1 Å². The molecule has 0 saturated heterocycles. The van der Waals surface area contributed by atoms with Gasteiger partial charge in [0, 0.05) is 6.20 Å². The molecule has 1 N–H and O–H groups in total. The summed E-state index contributed by atoms with van der Waals surface area (Å²) < 4.78 is 29.8. The van der Waals surface area contributed by atoms with Crippen molar-refractivity contribution in [3.8, 4) is 0 Å². The van der Waals surface area contributed by atoms with Crippen molar-refractivity contribution in [2.75, 3.05) is 0 Å². The second kappa shape index (κ2) is 2.88. The molecule has 0 saturated carbocycles. The third kappa shape index (κ3) is 1.98. The second-order valence-electron chi connectivity index (χ2n) is 1.77. The average Bonchev–Trinajstić information content (AvgIpc) is 1.86. The summed E-state index contributed by atoms with van der Waals surface area (Å²) in [5.41, 5.74) is 0. The van der Waals surface area contributed by atoms with Gasteiger partial charge in [0.25, 0.3) is 10.1 Å². The Morgan fingerprint density at radius 2 is 2.18 bits per heavy atom. The fourth-order valence-electron chi connectivity index (χ4n) is 0.564. The molecule has 0 unspecified atom stereocenters. The number of aromatic nitrogens is 1. The van der Waals surface area contributed by atoms with Crippen LogP contribution in [0.3, 0.4) is 0 Å². The Morgan fingerprint density at radius 3 is 2.55 bits per heavy atom. The van der Waals surface area contributed by atoms with Gasteiger partial charge in [-0.1, -0.05) is 0 Å². The van der Waals surface area contributed by atoms with Crippen molar-refractivity contribution in [2.24, 2.45) is 0 Å². The monoisotopic (exact) mass is 237 g/mol. The summed E-state index contributed by atoms with van der Waals surface area (Å²) in [5, 5.41) is 0. The zero-order chi connectivity index (χ0) is 8.48. The summed E-state index contributed by atoms with van der Waals surface area (Å²) >= 11 is 2.88. The molecule has 0 radical (unpaired) electrons. The first-order valence-corrected chi connectivity index (χ1v) is 4.83. The lowest BCUT2D eigenvalue weighted by atomic mass is 10.5. The normalized spacial score (nSPS) is 11.5. The van der Waals surface area contributed by atoms with E-state index in [1.54, 1.807) is 0 Å². The summed E-state index contributed by atoms with van der Waals surface area (Å²) in [6.07, 6.45) is 1.42. The van der Waals surface area contributed by atoms with E-state index in [-0.39, 0.29) is 9.50 Å². The molecule has 6 heteroatoms. The van der Waals surface area contributed by atoms with E-state index in [1.807, 2.05) is 0 Å². The van der Waals surface area contributed by atoms with Crippen LogP contribution in [0.1, 0.15) is 0 Å². The number of pyridine rings is 1. The van der Waals surface area contributed by atoms with Crippen LogP contribution in [0.2, 0.25) is 0 Å². The predicted octanol–water partition coefficient (Wildman–Crippen LogP) is 1.09. The number of hydrogen-bond donors (Lipinski definition) is 1. The Hall–Kier alpha value is -0.460.